The van der Waals surface area contributed by atoms with Crippen LogP contribution in [0.4, 0.5) is 21.0 Å². The van der Waals surface area contributed by atoms with Crippen molar-refractivity contribution in [3.8, 4) is 0 Å². The number of carbonyl (C=O) groups excluding carboxylic acids is 1. The maximum Gasteiger partial charge on any atom is 0.410 e. The highest BCUT2D eigenvalue weighted by Crippen LogP contribution is 2.24. The van der Waals surface area contributed by atoms with Gasteiger partial charge in [-0.2, -0.15) is 5.10 Å². The number of aromatic nitrogens is 4. The van der Waals surface area contributed by atoms with Crippen LogP contribution in [0.25, 0.3) is 0 Å². The van der Waals surface area contributed by atoms with Gasteiger partial charge >= 0.3 is 6.09 Å². The number of ether oxygens (including phenoxy) is 1. The van der Waals surface area contributed by atoms with Crippen molar-refractivity contribution in [1.29, 1.82) is 0 Å². The van der Waals surface area contributed by atoms with E-state index in [1.54, 1.807) is 4.90 Å². The minimum Gasteiger partial charge on any atom is -0.444 e. The van der Waals surface area contributed by atoms with Gasteiger partial charge in [-0.3, -0.25) is 5.10 Å². The molecule has 1 fully saturated rings. The van der Waals surface area contributed by atoms with Crippen molar-refractivity contribution in [2.24, 2.45) is 5.92 Å². The molecule has 0 radical (unpaired) electrons. The van der Waals surface area contributed by atoms with E-state index < -0.39 is 11.4 Å². The maximum atomic E-state index is 14.2. The number of aromatic amines is 1. The molecule has 9 heteroatoms. The third-order valence-corrected chi connectivity index (χ3v) is 4.18. The van der Waals surface area contributed by atoms with Crippen LogP contribution in [0.5, 0.6) is 0 Å². The quantitative estimate of drug-likeness (QED) is 0.851. The third kappa shape index (κ3) is 5.15. The third-order valence-electron chi connectivity index (χ3n) is 4.18. The highest BCUT2D eigenvalue weighted by atomic mass is 19.1. The summed E-state index contributed by atoms with van der Waals surface area (Å²) in [5.74, 6) is 0.541. The summed E-state index contributed by atoms with van der Waals surface area (Å²) >= 11 is 0. The highest BCUT2D eigenvalue weighted by Gasteiger charge is 2.30. The molecule has 0 aliphatic carbocycles. The number of rotatable bonds is 4. The molecule has 8 nitrogen and oxygen atoms in total. The number of aryl methyl sites for hydroxylation is 1. The zero-order valence-corrected chi connectivity index (χ0v) is 16.0. The molecule has 1 atom stereocenters. The van der Waals surface area contributed by atoms with Crippen LogP contribution >= 0.6 is 0 Å². The molecule has 1 saturated heterocycles. The zero-order chi connectivity index (χ0) is 19.6. The first kappa shape index (κ1) is 19.1. The van der Waals surface area contributed by atoms with Crippen molar-refractivity contribution >= 4 is 17.9 Å². The first-order chi connectivity index (χ1) is 12.7. The average Bonchev–Trinajstić information content (AvgIpc) is 3.18. The van der Waals surface area contributed by atoms with Crippen LogP contribution in [0.1, 0.15) is 38.6 Å². The number of H-pyrrole nitrogens is 1. The van der Waals surface area contributed by atoms with Gasteiger partial charge in [0.2, 0.25) is 5.95 Å². The van der Waals surface area contributed by atoms with Crippen molar-refractivity contribution < 1.29 is 13.9 Å². The molecule has 2 aromatic rings. The van der Waals surface area contributed by atoms with Crippen molar-refractivity contribution in [3.63, 3.8) is 0 Å². The van der Waals surface area contributed by atoms with E-state index >= 15 is 0 Å². The molecule has 1 amide bonds. The number of halogens is 1. The summed E-state index contributed by atoms with van der Waals surface area (Å²) in [4.78, 5) is 22.1. The van der Waals surface area contributed by atoms with Gasteiger partial charge in [-0.1, -0.05) is 0 Å². The van der Waals surface area contributed by atoms with Gasteiger partial charge in [0, 0.05) is 24.8 Å². The van der Waals surface area contributed by atoms with E-state index in [1.165, 1.54) is 0 Å². The van der Waals surface area contributed by atoms with Gasteiger partial charge in [-0.15, -0.1) is 0 Å². The van der Waals surface area contributed by atoms with Crippen LogP contribution < -0.4 is 5.32 Å². The second-order valence-corrected chi connectivity index (χ2v) is 7.83. The second-order valence-electron chi connectivity index (χ2n) is 7.83. The van der Waals surface area contributed by atoms with Crippen LogP contribution in [-0.4, -0.2) is 49.8 Å². The van der Waals surface area contributed by atoms with Gasteiger partial charge in [-0.25, -0.2) is 19.2 Å². The number of nitrogens with zero attached hydrogens (tertiary/aromatic N) is 4. The molecule has 2 aromatic heterocycles. The Kier molecular flexibility index (Phi) is 5.29. The Hall–Kier alpha value is -2.71. The molecule has 3 rings (SSSR count). The van der Waals surface area contributed by atoms with E-state index in [1.807, 2.05) is 33.8 Å². The average molecular weight is 376 g/mol. The number of amides is 1. The monoisotopic (exact) mass is 376 g/mol. The van der Waals surface area contributed by atoms with Crippen LogP contribution in [0.2, 0.25) is 0 Å². The van der Waals surface area contributed by atoms with E-state index in [-0.39, 0.29) is 12.0 Å². The lowest BCUT2D eigenvalue weighted by Crippen LogP contribution is -2.35. The Morgan fingerprint density at radius 3 is 2.93 bits per heavy atom. The molecule has 3 heterocycles. The van der Waals surface area contributed by atoms with Crippen molar-refractivity contribution in [3.05, 3.63) is 29.5 Å². The van der Waals surface area contributed by atoms with E-state index in [4.69, 9.17) is 4.74 Å². The molecule has 0 saturated carbocycles. The number of nitrogens with one attached hydrogen (secondary N) is 2. The molecule has 0 unspecified atom stereocenters. The van der Waals surface area contributed by atoms with E-state index in [9.17, 15) is 9.18 Å². The molecule has 0 bridgehead atoms. The summed E-state index contributed by atoms with van der Waals surface area (Å²) in [6.07, 6.45) is 2.04. The number of carbonyl (C=O) groups is 1. The number of hydrogen-bond donors (Lipinski definition) is 2. The maximum absolute atomic E-state index is 14.2. The summed E-state index contributed by atoms with van der Waals surface area (Å²) in [5.41, 5.74) is 0.697. The lowest BCUT2D eigenvalue weighted by atomic mass is 10.0. The lowest BCUT2D eigenvalue weighted by Gasteiger charge is -2.24. The van der Waals surface area contributed by atoms with Crippen LogP contribution in [-0.2, 0) is 11.2 Å². The Bertz CT molecular complexity index is 816. The highest BCUT2D eigenvalue weighted by molar-refractivity contribution is 5.68. The van der Waals surface area contributed by atoms with Gasteiger partial charge in [0.15, 0.2) is 11.6 Å². The molecule has 27 heavy (non-hydrogen) atoms. The summed E-state index contributed by atoms with van der Waals surface area (Å²) in [6, 6.07) is 1.81. The smallest absolute Gasteiger partial charge is 0.410 e. The van der Waals surface area contributed by atoms with Gasteiger partial charge < -0.3 is 15.0 Å². The molecular formula is C18H25FN6O2. The SMILES string of the molecule is Cc1cc(Nc2ncc(F)c(C[C@H]3CCN(C(=O)OC(C)(C)C)C3)n2)n[nH]1. The van der Waals surface area contributed by atoms with Crippen LogP contribution in [0.3, 0.4) is 0 Å². The minimum absolute atomic E-state index is 0.127. The van der Waals surface area contributed by atoms with Gasteiger partial charge in [0.1, 0.15) is 5.60 Å². The molecule has 1 aliphatic rings. The van der Waals surface area contributed by atoms with Crippen LogP contribution in [0.15, 0.2) is 12.3 Å². The first-order valence-corrected chi connectivity index (χ1v) is 8.98. The molecular weight excluding hydrogens is 351 g/mol. The standard InChI is InChI=1S/C18H25FN6O2/c1-11-7-15(24-23-11)22-16-20-9-13(19)14(21-16)8-12-5-6-25(10-12)17(26)27-18(2,3)4/h7,9,12H,5-6,8,10H2,1-4H3,(H2,20,21,22,23,24)/t12-/m1/s1. The fraction of sp³-hybridized carbons (Fsp3) is 0.556. The summed E-state index contributed by atoms with van der Waals surface area (Å²) < 4.78 is 19.6. The first-order valence-electron chi connectivity index (χ1n) is 8.98. The normalized spacial score (nSPS) is 17.2. The predicted molar refractivity (Wildman–Crippen MR) is 98.2 cm³/mol. The Balaban J connectivity index is 1.62. The van der Waals surface area contributed by atoms with Gasteiger partial charge in [0.25, 0.3) is 0 Å². The van der Waals surface area contributed by atoms with Crippen molar-refractivity contribution in [2.75, 3.05) is 18.4 Å². The minimum atomic E-state index is -0.529. The van der Waals surface area contributed by atoms with E-state index in [2.05, 4.69) is 25.5 Å². The number of anilines is 2. The molecule has 146 valence electrons. The fourth-order valence-corrected chi connectivity index (χ4v) is 2.97. The van der Waals surface area contributed by atoms with Crippen molar-refractivity contribution in [1.82, 2.24) is 25.1 Å². The zero-order valence-electron chi connectivity index (χ0n) is 16.0. The van der Waals surface area contributed by atoms with E-state index in [0.29, 0.717) is 37.0 Å². The van der Waals surface area contributed by atoms with E-state index in [0.717, 1.165) is 18.3 Å². The summed E-state index contributed by atoms with van der Waals surface area (Å²) in [7, 11) is 0. The summed E-state index contributed by atoms with van der Waals surface area (Å²) in [5, 5.41) is 9.82. The Morgan fingerprint density at radius 2 is 2.26 bits per heavy atom. The predicted octanol–water partition coefficient (Wildman–Crippen LogP) is 3.19. The fourth-order valence-electron chi connectivity index (χ4n) is 2.97. The van der Waals surface area contributed by atoms with Gasteiger partial charge in [0.05, 0.1) is 11.9 Å². The molecule has 1 aliphatic heterocycles. The van der Waals surface area contributed by atoms with Crippen molar-refractivity contribution in [2.45, 2.75) is 46.1 Å². The lowest BCUT2D eigenvalue weighted by molar-refractivity contribution is 0.0288. The summed E-state index contributed by atoms with van der Waals surface area (Å²) in [6.45, 7) is 8.52. The second kappa shape index (κ2) is 7.50. The topological polar surface area (TPSA) is 96.0 Å². The largest absolute Gasteiger partial charge is 0.444 e. The molecule has 2 N–H and O–H groups in total. The molecule has 0 spiro atoms. The number of hydrogen-bond acceptors (Lipinski definition) is 6. The Labute approximate surface area is 157 Å². The number of likely N-dealkylation sites (tertiary alicyclic amines) is 1. The van der Waals surface area contributed by atoms with Crippen LogP contribution in [0, 0.1) is 18.7 Å². The molecule has 0 aromatic carbocycles. The van der Waals surface area contributed by atoms with Gasteiger partial charge in [-0.05, 0) is 46.5 Å². The Morgan fingerprint density at radius 1 is 1.48 bits per heavy atom.